The van der Waals surface area contributed by atoms with Crippen molar-refractivity contribution in [3.63, 3.8) is 0 Å². The van der Waals surface area contributed by atoms with E-state index in [1.807, 2.05) is 6.92 Å². The minimum absolute atomic E-state index is 0.104. The molecule has 0 spiro atoms. The van der Waals surface area contributed by atoms with Gasteiger partial charge in [0.25, 0.3) is 5.91 Å². The Morgan fingerprint density at radius 1 is 1.82 bits per heavy atom. The molecule has 11 heavy (non-hydrogen) atoms. The zero-order valence-corrected chi connectivity index (χ0v) is 6.46. The molecule has 1 amide bonds. The van der Waals surface area contributed by atoms with Crippen molar-refractivity contribution in [3.05, 3.63) is 0 Å². The summed E-state index contributed by atoms with van der Waals surface area (Å²) < 4.78 is 5.23. The molecule has 0 bridgehead atoms. The minimum atomic E-state index is -0.311. The molecule has 5 nitrogen and oxygen atoms in total. The van der Waals surface area contributed by atoms with Gasteiger partial charge in [-0.15, -0.1) is 0 Å². The maximum Gasteiger partial charge on any atom is 0.253 e. The predicted octanol–water partition coefficient (Wildman–Crippen LogP) is -1.65. The van der Waals surface area contributed by atoms with Crippen LogP contribution in [0.25, 0.3) is 0 Å². The quantitative estimate of drug-likeness (QED) is 0.243. The first kappa shape index (κ1) is 8.45. The highest BCUT2D eigenvalue weighted by Crippen LogP contribution is 2.02. The van der Waals surface area contributed by atoms with E-state index < -0.39 is 0 Å². The maximum atomic E-state index is 11.0. The number of hydrazine groups is 1. The second-order valence-electron chi connectivity index (χ2n) is 2.52. The molecule has 0 aromatic carbocycles. The molecule has 1 rings (SSSR count). The second kappa shape index (κ2) is 3.66. The lowest BCUT2D eigenvalue weighted by Crippen LogP contribution is -2.56. The first-order valence-electron chi connectivity index (χ1n) is 3.61. The van der Waals surface area contributed by atoms with E-state index in [9.17, 15) is 4.79 Å². The van der Waals surface area contributed by atoms with Crippen molar-refractivity contribution in [2.75, 3.05) is 13.2 Å². The molecule has 0 aromatic rings. The van der Waals surface area contributed by atoms with Gasteiger partial charge in [-0.25, -0.2) is 5.84 Å². The van der Waals surface area contributed by atoms with Crippen LogP contribution in [0.1, 0.15) is 6.92 Å². The molecular formula is C6H13N3O2. The molecule has 1 fully saturated rings. The Labute approximate surface area is 65.2 Å². The van der Waals surface area contributed by atoms with Crippen LogP contribution in [-0.4, -0.2) is 31.2 Å². The van der Waals surface area contributed by atoms with Crippen LogP contribution in [-0.2, 0) is 9.53 Å². The zero-order chi connectivity index (χ0) is 8.27. The molecule has 4 N–H and O–H groups in total. The lowest BCUT2D eigenvalue weighted by molar-refractivity contribution is -0.128. The first-order valence-corrected chi connectivity index (χ1v) is 3.61. The molecular weight excluding hydrogens is 146 g/mol. The summed E-state index contributed by atoms with van der Waals surface area (Å²) in [6.45, 7) is 3.18. The van der Waals surface area contributed by atoms with E-state index in [4.69, 9.17) is 10.6 Å². The number of carbonyl (C=O) groups excluding carboxylic acids is 1. The minimum Gasteiger partial charge on any atom is -0.375 e. The Balaban J connectivity index is 2.47. The van der Waals surface area contributed by atoms with Gasteiger partial charge in [-0.1, -0.05) is 0 Å². The third-order valence-corrected chi connectivity index (χ3v) is 1.74. The van der Waals surface area contributed by atoms with Gasteiger partial charge in [-0.3, -0.25) is 10.2 Å². The molecule has 5 heteroatoms. The number of nitrogens with one attached hydrogen (secondary N) is 2. The van der Waals surface area contributed by atoms with Gasteiger partial charge in [0.2, 0.25) is 0 Å². The Bertz CT molecular complexity index is 151. The summed E-state index contributed by atoms with van der Waals surface area (Å²) in [5.74, 6) is 4.75. The van der Waals surface area contributed by atoms with Gasteiger partial charge in [0.05, 0.1) is 12.7 Å². The fourth-order valence-electron chi connectivity index (χ4n) is 1.12. The Morgan fingerprint density at radius 3 is 3.09 bits per heavy atom. The van der Waals surface area contributed by atoms with Crippen LogP contribution in [0.5, 0.6) is 0 Å². The Kier molecular flexibility index (Phi) is 2.81. The van der Waals surface area contributed by atoms with Crippen molar-refractivity contribution in [1.29, 1.82) is 0 Å². The number of carbonyl (C=O) groups is 1. The normalized spacial score (nSPS) is 31.5. The summed E-state index contributed by atoms with van der Waals surface area (Å²) in [5, 5.41) is 3.00. The summed E-state index contributed by atoms with van der Waals surface area (Å²) >= 11 is 0. The maximum absolute atomic E-state index is 11.0. The summed E-state index contributed by atoms with van der Waals surface area (Å²) in [4.78, 5) is 11.0. The van der Waals surface area contributed by atoms with E-state index in [1.54, 1.807) is 0 Å². The van der Waals surface area contributed by atoms with Gasteiger partial charge >= 0.3 is 0 Å². The van der Waals surface area contributed by atoms with Crippen LogP contribution in [0.4, 0.5) is 0 Å². The van der Waals surface area contributed by atoms with Crippen LogP contribution in [0, 0.1) is 0 Å². The van der Waals surface area contributed by atoms with Crippen LogP contribution in [0.3, 0.4) is 0 Å². The number of hydrogen-bond acceptors (Lipinski definition) is 4. The molecule has 0 radical (unpaired) electrons. The summed E-state index contributed by atoms with van der Waals surface area (Å²) in [6.07, 6.45) is -0.104. The number of nitrogens with two attached hydrogens (primary N) is 1. The molecule has 0 aliphatic carbocycles. The lowest BCUT2D eigenvalue weighted by atomic mass is 10.1. The standard InChI is InChI=1S/C6H13N3O2/c1-4-5(6(10)9-7)8-2-3-11-4/h4-5,8H,2-3,7H2,1H3,(H,9,10). The summed E-state index contributed by atoms with van der Waals surface area (Å²) in [6, 6.07) is -0.311. The van der Waals surface area contributed by atoms with Crippen LogP contribution in [0.2, 0.25) is 0 Å². The van der Waals surface area contributed by atoms with E-state index in [0.29, 0.717) is 13.2 Å². The van der Waals surface area contributed by atoms with E-state index in [0.717, 1.165) is 0 Å². The summed E-state index contributed by atoms with van der Waals surface area (Å²) in [7, 11) is 0. The van der Waals surface area contributed by atoms with Gasteiger partial charge in [-0.05, 0) is 6.92 Å². The average Bonchev–Trinajstić information content (AvgIpc) is 2.04. The highest BCUT2D eigenvalue weighted by atomic mass is 16.5. The molecule has 1 aliphatic heterocycles. The Hall–Kier alpha value is -0.650. The van der Waals surface area contributed by atoms with Crippen molar-refractivity contribution in [2.24, 2.45) is 5.84 Å². The van der Waals surface area contributed by atoms with E-state index in [-0.39, 0.29) is 18.1 Å². The highest BCUT2D eigenvalue weighted by Gasteiger charge is 2.27. The monoisotopic (exact) mass is 159 g/mol. The average molecular weight is 159 g/mol. The third-order valence-electron chi connectivity index (χ3n) is 1.74. The fourth-order valence-corrected chi connectivity index (χ4v) is 1.12. The molecule has 0 aromatic heterocycles. The van der Waals surface area contributed by atoms with Gasteiger partial charge in [0, 0.05) is 6.54 Å². The fraction of sp³-hybridized carbons (Fsp3) is 0.833. The van der Waals surface area contributed by atoms with E-state index in [2.05, 4.69) is 10.7 Å². The van der Waals surface area contributed by atoms with Crippen LogP contribution >= 0.6 is 0 Å². The molecule has 0 saturated carbocycles. The molecule has 1 heterocycles. The number of amides is 1. The van der Waals surface area contributed by atoms with E-state index in [1.165, 1.54) is 0 Å². The molecule has 64 valence electrons. The van der Waals surface area contributed by atoms with Crippen LogP contribution in [0.15, 0.2) is 0 Å². The molecule has 2 atom stereocenters. The van der Waals surface area contributed by atoms with Gasteiger partial charge < -0.3 is 10.1 Å². The van der Waals surface area contributed by atoms with Crippen molar-refractivity contribution in [1.82, 2.24) is 10.7 Å². The van der Waals surface area contributed by atoms with Crippen LogP contribution < -0.4 is 16.6 Å². The molecule has 2 unspecified atom stereocenters. The highest BCUT2D eigenvalue weighted by molar-refractivity contribution is 5.81. The van der Waals surface area contributed by atoms with Crippen molar-refractivity contribution in [3.8, 4) is 0 Å². The summed E-state index contributed by atoms with van der Waals surface area (Å²) in [5.41, 5.74) is 2.08. The SMILES string of the molecule is CC1OCCNC1C(=O)NN. The number of morpholine rings is 1. The number of rotatable bonds is 1. The topological polar surface area (TPSA) is 76.4 Å². The number of hydrogen-bond donors (Lipinski definition) is 3. The number of ether oxygens (including phenoxy) is 1. The molecule has 1 aliphatic rings. The Morgan fingerprint density at radius 2 is 2.55 bits per heavy atom. The molecule has 1 saturated heterocycles. The largest absolute Gasteiger partial charge is 0.375 e. The smallest absolute Gasteiger partial charge is 0.253 e. The zero-order valence-electron chi connectivity index (χ0n) is 6.46. The lowest BCUT2D eigenvalue weighted by Gasteiger charge is -2.28. The van der Waals surface area contributed by atoms with E-state index >= 15 is 0 Å². The van der Waals surface area contributed by atoms with Gasteiger partial charge in [0.15, 0.2) is 0 Å². The van der Waals surface area contributed by atoms with Gasteiger partial charge in [-0.2, -0.15) is 0 Å². The van der Waals surface area contributed by atoms with Crippen molar-refractivity contribution < 1.29 is 9.53 Å². The second-order valence-corrected chi connectivity index (χ2v) is 2.52. The van der Waals surface area contributed by atoms with Gasteiger partial charge in [0.1, 0.15) is 6.04 Å². The first-order chi connectivity index (χ1) is 5.25. The van der Waals surface area contributed by atoms with Crippen molar-refractivity contribution in [2.45, 2.75) is 19.1 Å². The van der Waals surface area contributed by atoms with Crippen molar-refractivity contribution >= 4 is 5.91 Å². The predicted molar refractivity (Wildman–Crippen MR) is 39.5 cm³/mol. The third kappa shape index (κ3) is 1.89.